The SMILES string of the molecule is Cc1nn(Cc2ccc(Cl)cc2)c(C)c1-c1ccc(C#N)c(C(F)(F)F)c1. The fourth-order valence-corrected chi connectivity index (χ4v) is 3.19. The van der Waals surface area contributed by atoms with Crippen LogP contribution >= 0.6 is 11.6 Å². The molecule has 3 rings (SSSR count). The molecule has 138 valence electrons. The summed E-state index contributed by atoms with van der Waals surface area (Å²) in [7, 11) is 0. The molecule has 27 heavy (non-hydrogen) atoms. The van der Waals surface area contributed by atoms with Gasteiger partial charge < -0.3 is 0 Å². The molecule has 1 aromatic heterocycles. The number of halogens is 4. The topological polar surface area (TPSA) is 41.6 Å². The van der Waals surface area contributed by atoms with Gasteiger partial charge in [0, 0.05) is 16.3 Å². The van der Waals surface area contributed by atoms with Crippen LogP contribution in [0.25, 0.3) is 11.1 Å². The summed E-state index contributed by atoms with van der Waals surface area (Å²) in [5.74, 6) is 0. The zero-order chi connectivity index (χ0) is 19.8. The number of aryl methyl sites for hydroxylation is 1. The zero-order valence-corrected chi connectivity index (χ0v) is 15.4. The van der Waals surface area contributed by atoms with Crippen LogP contribution in [0.15, 0.2) is 42.5 Å². The molecule has 1 heterocycles. The first-order valence-corrected chi connectivity index (χ1v) is 8.48. The fourth-order valence-electron chi connectivity index (χ4n) is 3.06. The first kappa shape index (κ1) is 19.0. The first-order chi connectivity index (χ1) is 12.7. The zero-order valence-electron chi connectivity index (χ0n) is 14.6. The standard InChI is InChI=1S/C20H15ClF3N3/c1-12-19(15-5-6-16(10-25)18(9-15)20(22,23)24)13(2)27(26-12)11-14-3-7-17(21)8-4-14/h3-9H,11H2,1-2H3. The van der Waals surface area contributed by atoms with Crippen molar-refractivity contribution in [3.05, 3.63) is 75.6 Å². The van der Waals surface area contributed by atoms with Crippen LogP contribution in [0, 0.1) is 25.2 Å². The van der Waals surface area contributed by atoms with Crippen molar-refractivity contribution >= 4 is 11.6 Å². The Kier molecular flexibility index (Phi) is 4.99. The van der Waals surface area contributed by atoms with Crippen molar-refractivity contribution in [2.75, 3.05) is 0 Å². The van der Waals surface area contributed by atoms with E-state index in [1.807, 2.05) is 19.1 Å². The summed E-state index contributed by atoms with van der Waals surface area (Å²) in [6.07, 6.45) is -4.60. The molecule has 0 spiro atoms. The van der Waals surface area contributed by atoms with Gasteiger partial charge in [0.25, 0.3) is 0 Å². The Balaban J connectivity index is 2.05. The van der Waals surface area contributed by atoms with Crippen molar-refractivity contribution in [1.82, 2.24) is 9.78 Å². The van der Waals surface area contributed by atoms with Crippen molar-refractivity contribution in [2.24, 2.45) is 0 Å². The third-order valence-corrected chi connectivity index (χ3v) is 4.61. The number of aromatic nitrogens is 2. The summed E-state index contributed by atoms with van der Waals surface area (Å²) in [5, 5.41) is 14.1. The Morgan fingerprint density at radius 2 is 1.78 bits per heavy atom. The molecule has 0 saturated carbocycles. The second-order valence-corrected chi connectivity index (χ2v) is 6.64. The molecular weight excluding hydrogens is 375 g/mol. The van der Waals surface area contributed by atoms with Gasteiger partial charge in [-0.2, -0.15) is 23.5 Å². The van der Waals surface area contributed by atoms with E-state index in [4.69, 9.17) is 16.9 Å². The second-order valence-electron chi connectivity index (χ2n) is 6.20. The first-order valence-electron chi connectivity index (χ1n) is 8.11. The molecule has 0 N–H and O–H groups in total. The Morgan fingerprint density at radius 3 is 2.37 bits per heavy atom. The van der Waals surface area contributed by atoms with E-state index in [1.54, 1.807) is 29.8 Å². The minimum atomic E-state index is -4.60. The summed E-state index contributed by atoms with van der Waals surface area (Å²) in [4.78, 5) is 0. The van der Waals surface area contributed by atoms with E-state index in [9.17, 15) is 13.2 Å². The third kappa shape index (κ3) is 3.83. The van der Waals surface area contributed by atoms with Crippen LogP contribution in [0.1, 0.15) is 28.1 Å². The van der Waals surface area contributed by atoms with E-state index >= 15 is 0 Å². The van der Waals surface area contributed by atoms with E-state index in [1.165, 1.54) is 12.1 Å². The molecule has 0 fully saturated rings. The van der Waals surface area contributed by atoms with Gasteiger partial charge in [-0.25, -0.2) is 0 Å². The summed E-state index contributed by atoms with van der Waals surface area (Å²) >= 11 is 5.89. The summed E-state index contributed by atoms with van der Waals surface area (Å²) in [5.41, 5.74) is 2.05. The van der Waals surface area contributed by atoms with Crippen LogP contribution < -0.4 is 0 Å². The normalized spacial score (nSPS) is 11.4. The molecule has 0 aliphatic carbocycles. The molecule has 2 aromatic carbocycles. The molecule has 0 saturated heterocycles. The number of hydrogen-bond donors (Lipinski definition) is 0. The molecule has 0 atom stereocenters. The number of hydrogen-bond acceptors (Lipinski definition) is 2. The molecule has 0 aliphatic rings. The average molecular weight is 390 g/mol. The highest BCUT2D eigenvalue weighted by Gasteiger charge is 2.34. The van der Waals surface area contributed by atoms with Gasteiger partial charge in [0.15, 0.2) is 0 Å². The maximum absolute atomic E-state index is 13.3. The molecule has 0 bridgehead atoms. The second kappa shape index (κ2) is 7.09. The highest BCUT2D eigenvalue weighted by molar-refractivity contribution is 6.30. The minimum absolute atomic E-state index is 0.388. The maximum atomic E-state index is 13.3. The monoisotopic (exact) mass is 389 g/mol. The van der Waals surface area contributed by atoms with Gasteiger partial charge in [-0.3, -0.25) is 4.68 Å². The Hall–Kier alpha value is -2.78. The molecule has 7 heteroatoms. The van der Waals surface area contributed by atoms with Crippen LogP contribution in [0.2, 0.25) is 5.02 Å². The van der Waals surface area contributed by atoms with Crippen molar-refractivity contribution in [3.63, 3.8) is 0 Å². The maximum Gasteiger partial charge on any atom is 0.417 e. The van der Waals surface area contributed by atoms with Gasteiger partial charge in [0.2, 0.25) is 0 Å². The van der Waals surface area contributed by atoms with E-state index in [-0.39, 0.29) is 0 Å². The Labute approximate surface area is 159 Å². The van der Waals surface area contributed by atoms with Gasteiger partial charge in [0.1, 0.15) is 0 Å². The molecule has 0 aliphatic heterocycles. The summed E-state index contributed by atoms with van der Waals surface area (Å²) in [6.45, 7) is 4.05. The lowest BCUT2D eigenvalue weighted by Gasteiger charge is -2.11. The molecule has 3 nitrogen and oxygen atoms in total. The predicted octanol–water partition coefficient (Wildman–Crippen LogP) is 5.76. The number of alkyl halides is 3. The Bertz CT molecular complexity index is 1030. The lowest BCUT2D eigenvalue weighted by Crippen LogP contribution is -2.08. The Morgan fingerprint density at radius 1 is 1.11 bits per heavy atom. The number of nitrogens with zero attached hydrogens (tertiary/aromatic N) is 3. The van der Waals surface area contributed by atoms with Crippen LogP contribution in [0.3, 0.4) is 0 Å². The highest BCUT2D eigenvalue weighted by Crippen LogP contribution is 2.36. The largest absolute Gasteiger partial charge is 0.417 e. The lowest BCUT2D eigenvalue weighted by atomic mass is 9.98. The fraction of sp³-hybridized carbons (Fsp3) is 0.200. The van der Waals surface area contributed by atoms with Crippen molar-refractivity contribution < 1.29 is 13.2 Å². The van der Waals surface area contributed by atoms with Gasteiger partial charge in [-0.05, 0) is 49.2 Å². The van der Waals surface area contributed by atoms with Gasteiger partial charge >= 0.3 is 6.18 Å². The van der Waals surface area contributed by atoms with Crippen LogP contribution in [0.5, 0.6) is 0 Å². The van der Waals surface area contributed by atoms with Crippen LogP contribution in [0.4, 0.5) is 13.2 Å². The van der Waals surface area contributed by atoms with Crippen molar-refractivity contribution in [2.45, 2.75) is 26.6 Å². The van der Waals surface area contributed by atoms with E-state index in [0.717, 1.165) is 17.3 Å². The van der Waals surface area contributed by atoms with E-state index < -0.39 is 17.3 Å². The van der Waals surface area contributed by atoms with Crippen LogP contribution in [-0.4, -0.2) is 9.78 Å². The van der Waals surface area contributed by atoms with Gasteiger partial charge in [-0.15, -0.1) is 0 Å². The predicted molar refractivity (Wildman–Crippen MR) is 97.4 cm³/mol. The highest BCUT2D eigenvalue weighted by atomic mass is 35.5. The minimum Gasteiger partial charge on any atom is -0.265 e. The quantitative estimate of drug-likeness (QED) is 0.571. The van der Waals surface area contributed by atoms with E-state index in [2.05, 4.69) is 5.10 Å². The van der Waals surface area contributed by atoms with Gasteiger partial charge in [-0.1, -0.05) is 29.8 Å². The molecule has 0 radical (unpaired) electrons. The third-order valence-electron chi connectivity index (χ3n) is 4.36. The van der Waals surface area contributed by atoms with Crippen molar-refractivity contribution in [1.29, 1.82) is 5.26 Å². The summed E-state index contributed by atoms with van der Waals surface area (Å²) in [6, 6.07) is 12.7. The average Bonchev–Trinajstić information content (AvgIpc) is 2.89. The van der Waals surface area contributed by atoms with E-state index in [0.29, 0.717) is 28.4 Å². The van der Waals surface area contributed by atoms with Crippen LogP contribution in [-0.2, 0) is 12.7 Å². The lowest BCUT2D eigenvalue weighted by molar-refractivity contribution is -0.137. The molecule has 0 unspecified atom stereocenters. The molecular formula is C20H15ClF3N3. The van der Waals surface area contributed by atoms with Gasteiger partial charge in [0.05, 0.1) is 29.4 Å². The number of nitriles is 1. The molecule has 3 aromatic rings. The number of rotatable bonds is 3. The molecule has 0 amide bonds. The number of benzene rings is 2. The summed E-state index contributed by atoms with van der Waals surface area (Å²) < 4.78 is 41.6. The smallest absolute Gasteiger partial charge is 0.265 e. The van der Waals surface area contributed by atoms with Crippen molar-refractivity contribution in [3.8, 4) is 17.2 Å².